The van der Waals surface area contributed by atoms with E-state index in [2.05, 4.69) is 4.98 Å². The van der Waals surface area contributed by atoms with Gasteiger partial charge in [-0.1, -0.05) is 35.9 Å². The molecule has 1 saturated heterocycles. The largest absolute Gasteiger partial charge is 0.335 e. The molecule has 1 N–H and O–H groups in total. The number of pyridine rings is 1. The number of aromatic amines is 1. The smallest absolute Gasteiger partial charge is 0.271 e. The van der Waals surface area contributed by atoms with E-state index >= 15 is 0 Å². The third kappa shape index (κ3) is 3.63. The second kappa shape index (κ2) is 6.93. The third-order valence-electron chi connectivity index (χ3n) is 4.50. The first-order chi connectivity index (χ1) is 12.0. The van der Waals surface area contributed by atoms with E-state index in [1.54, 1.807) is 17.9 Å². The SMILES string of the molecule is Cc1ccc(CN2CCN(C(=O)c3cccc(=O)[nH]3)[C@H](C)C2=O)cc1. The van der Waals surface area contributed by atoms with Gasteiger partial charge in [0.15, 0.2) is 0 Å². The molecule has 1 aromatic carbocycles. The molecule has 6 nitrogen and oxygen atoms in total. The zero-order valence-corrected chi connectivity index (χ0v) is 14.4. The number of carbonyl (C=O) groups excluding carboxylic acids is 2. The summed E-state index contributed by atoms with van der Waals surface area (Å²) >= 11 is 0. The van der Waals surface area contributed by atoms with E-state index in [9.17, 15) is 14.4 Å². The molecule has 2 aromatic rings. The molecule has 6 heteroatoms. The van der Waals surface area contributed by atoms with Crippen LogP contribution in [-0.2, 0) is 11.3 Å². The standard InChI is InChI=1S/C19H21N3O3/c1-13-6-8-15(9-7-13)12-21-10-11-22(14(2)18(21)24)19(25)16-4-3-5-17(23)20-16/h3-9,14H,10-12H2,1-2H3,(H,20,23)/t14-/m1/s1. The Morgan fingerprint density at radius 2 is 1.84 bits per heavy atom. The van der Waals surface area contributed by atoms with Gasteiger partial charge in [0.1, 0.15) is 11.7 Å². The Bertz CT molecular complexity index is 841. The molecule has 0 bridgehead atoms. The zero-order valence-electron chi connectivity index (χ0n) is 14.4. The minimum absolute atomic E-state index is 0.0848. The first-order valence-electron chi connectivity index (χ1n) is 8.30. The number of amides is 2. The molecule has 0 aliphatic carbocycles. The number of rotatable bonds is 3. The van der Waals surface area contributed by atoms with Gasteiger partial charge in [-0.25, -0.2) is 0 Å². The normalized spacial score (nSPS) is 17.7. The van der Waals surface area contributed by atoms with Crippen molar-refractivity contribution < 1.29 is 9.59 Å². The molecular formula is C19H21N3O3. The monoisotopic (exact) mass is 339 g/mol. The van der Waals surface area contributed by atoms with Crippen LogP contribution in [0.5, 0.6) is 0 Å². The highest BCUT2D eigenvalue weighted by Crippen LogP contribution is 2.17. The van der Waals surface area contributed by atoms with Crippen LogP contribution >= 0.6 is 0 Å². The van der Waals surface area contributed by atoms with Gasteiger partial charge in [0, 0.05) is 25.7 Å². The van der Waals surface area contributed by atoms with Gasteiger partial charge < -0.3 is 14.8 Å². The van der Waals surface area contributed by atoms with Gasteiger partial charge in [0.05, 0.1) is 0 Å². The highest BCUT2D eigenvalue weighted by atomic mass is 16.2. The lowest BCUT2D eigenvalue weighted by Gasteiger charge is -2.39. The summed E-state index contributed by atoms with van der Waals surface area (Å²) in [4.78, 5) is 42.5. The summed E-state index contributed by atoms with van der Waals surface area (Å²) in [5.41, 5.74) is 2.12. The fourth-order valence-electron chi connectivity index (χ4n) is 3.01. The molecule has 2 heterocycles. The van der Waals surface area contributed by atoms with Crippen LogP contribution in [0.15, 0.2) is 47.3 Å². The molecule has 0 unspecified atom stereocenters. The van der Waals surface area contributed by atoms with Crippen molar-refractivity contribution >= 4 is 11.8 Å². The predicted molar refractivity (Wildman–Crippen MR) is 94.2 cm³/mol. The van der Waals surface area contributed by atoms with Crippen LogP contribution in [0.25, 0.3) is 0 Å². The highest BCUT2D eigenvalue weighted by Gasteiger charge is 2.34. The van der Waals surface area contributed by atoms with Crippen LogP contribution in [0.3, 0.4) is 0 Å². The molecule has 1 aliphatic rings. The second-order valence-corrected chi connectivity index (χ2v) is 6.35. The van der Waals surface area contributed by atoms with E-state index in [0.717, 1.165) is 5.56 Å². The molecule has 3 rings (SSSR count). The van der Waals surface area contributed by atoms with Crippen molar-refractivity contribution in [1.82, 2.24) is 14.8 Å². The number of aryl methyl sites for hydroxylation is 1. The van der Waals surface area contributed by atoms with Crippen LogP contribution < -0.4 is 5.56 Å². The molecule has 0 radical (unpaired) electrons. The van der Waals surface area contributed by atoms with E-state index in [1.165, 1.54) is 22.6 Å². The molecule has 1 fully saturated rings. The first-order valence-corrected chi connectivity index (χ1v) is 8.30. The van der Waals surface area contributed by atoms with Crippen molar-refractivity contribution in [3.8, 4) is 0 Å². The molecule has 0 saturated carbocycles. The lowest BCUT2D eigenvalue weighted by Crippen LogP contribution is -2.57. The summed E-state index contributed by atoms with van der Waals surface area (Å²) in [5.74, 6) is -0.410. The first kappa shape index (κ1) is 17.0. The van der Waals surface area contributed by atoms with Crippen LogP contribution in [0.4, 0.5) is 0 Å². The quantitative estimate of drug-likeness (QED) is 0.922. The summed E-state index contributed by atoms with van der Waals surface area (Å²) in [7, 11) is 0. The van der Waals surface area contributed by atoms with Gasteiger partial charge in [0.25, 0.3) is 5.91 Å². The number of piperazine rings is 1. The van der Waals surface area contributed by atoms with Gasteiger partial charge in [0.2, 0.25) is 11.5 Å². The van der Waals surface area contributed by atoms with E-state index < -0.39 is 6.04 Å². The van der Waals surface area contributed by atoms with Crippen LogP contribution in [0.1, 0.15) is 28.5 Å². The number of carbonyl (C=O) groups is 2. The van der Waals surface area contributed by atoms with Crippen molar-refractivity contribution in [2.24, 2.45) is 0 Å². The maximum Gasteiger partial charge on any atom is 0.271 e. The van der Waals surface area contributed by atoms with Gasteiger partial charge in [-0.15, -0.1) is 0 Å². The van der Waals surface area contributed by atoms with Gasteiger partial charge in [-0.05, 0) is 25.5 Å². The number of nitrogens with zero attached hydrogens (tertiary/aromatic N) is 2. The van der Waals surface area contributed by atoms with Crippen molar-refractivity contribution in [2.45, 2.75) is 26.4 Å². The Labute approximate surface area is 146 Å². The van der Waals surface area contributed by atoms with Crippen molar-refractivity contribution in [2.75, 3.05) is 13.1 Å². The maximum atomic E-state index is 12.7. The molecule has 1 atom stereocenters. The van der Waals surface area contributed by atoms with Gasteiger partial charge in [-0.3, -0.25) is 14.4 Å². The summed E-state index contributed by atoms with van der Waals surface area (Å²) in [6.45, 7) is 5.19. The fourth-order valence-corrected chi connectivity index (χ4v) is 3.01. The molecular weight excluding hydrogens is 318 g/mol. The van der Waals surface area contributed by atoms with E-state index in [-0.39, 0.29) is 23.1 Å². The number of H-pyrrole nitrogens is 1. The van der Waals surface area contributed by atoms with E-state index in [1.807, 2.05) is 31.2 Å². The Kier molecular flexibility index (Phi) is 4.70. The number of aromatic nitrogens is 1. The van der Waals surface area contributed by atoms with Crippen LogP contribution in [0.2, 0.25) is 0 Å². The van der Waals surface area contributed by atoms with Crippen LogP contribution in [-0.4, -0.2) is 45.7 Å². The Balaban J connectivity index is 1.71. The van der Waals surface area contributed by atoms with Crippen molar-refractivity contribution in [3.05, 3.63) is 69.6 Å². The molecule has 0 spiro atoms. The summed E-state index contributed by atoms with van der Waals surface area (Å²) in [6, 6.07) is 12.0. The summed E-state index contributed by atoms with van der Waals surface area (Å²) in [6.07, 6.45) is 0. The zero-order chi connectivity index (χ0) is 18.0. The molecule has 1 aromatic heterocycles. The maximum absolute atomic E-state index is 12.7. The third-order valence-corrected chi connectivity index (χ3v) is 4.50. The number of hydrogen-bond acceptors (Lipinski definition) is 3. The average molecular weight is 339 g/mol. The lowest BCUT2D eigenvalue weighted by atomic mass is 10.1. The molecule has 130 valence electrons. The van der Waals surface area contributed by atoms with Crippen molar-refractivity contribution in [3.63, 3.8) is 0 Å². The van der Waals surface area contributed by atoms with Gasteiger partial charge in [-0.2, -0.15) is 0 Å². The molecule has 25 heavy (non-hydrogen) atoms. The Morgan fingerprint density at radius 3 is 2.52 bits per heavy atom. The number of nitrogens with one attached hydrogen (secondary N) is 1. The second-order valence-electron chi connectivity index (χ2n) is 6.35. The topological polar surface area (TPSA) is 73.5 Å². The molecule has 2 amide bonds. The van der Waals surface area contributed by atoms with Gasteiger partial charge >= 0.3 is 0 Å². The number of hydrogen-bond donors (Lipinski definition) is 1. The summed E-state index contributed by atoms with van der Waals surface area (Å²) in [5, 5.41) is 0. The van der Waals surface area contributed by atoms with E-state index in [4.69, 9.17) is 0 Å². The fraction of sp³-hybridized carbons (Fsp3) is 0.316. The number of benzene rings is 1. The summed E-state index contributed by atoms with van der Waals surface area (Å²) < 4.78 is 0. The predicted octanol–water partition coefficient (Wildman–Crippen LogP) is 1.56. The molecule has 1 aliphatic heterocycles. The minimum Gasteiger partial charge on any atom is -0.335 e. The van der Waals surface area contributed by atoms with E-state index in [0.29, 0.717) is 19.6 Å². The Morgan fingerprint density at radius 1 is 1.12 bits per heavy atom. The highest BCUT2D eigenvalue weighted by molar-refractivity contribution is 5.96. The average Bonchev–Trinajstić information content (AvgIpc) is 2.60. The lowest BCUT2D eigenvalue weighted by molar-refractivity contribution is -0.140. The minimum atomic E-state index is -0.560. The Hall–Kier alpha value is -2.89. The van der Waals surface area contributed by atoms with Crippen LogP contribution in [0, 0.1) is 6.92 Å². The van der Waals surface area contributed by atoms with Crippen molar-refractivity contribution in [1.29, 1.82) is 0 Å².